The number of hydrogen-bond donors (Lipinski definition) is 3. The van der Waals surface area contributed by atoms with E-state index in [9.17, 15) is 10.2 Å². The second kappa shape index (κ2) is 3.77. The largest absolute Gasteiger partial charge is 0.507 e. The van der Waals surface area contributed by atoms with E-state index in [1.165, 1.54) is 0 Å². The van der Waals surface area contributed by atoms with E-state index in [1.54, 1.807) is 19.1 Å². The van der Waals surface area contributed by atoms with Gasteiger partial charge in [0.1, 0.15) is 5.75 Å². The first kappa shape index (κ1) is 10.0. The van der Waals surface area contributed by atoms with Gasteiger partial charge in [-0.15, -0.1) is 0 Å². The normalized spacial score (nSPS) is 12.9. The lowest BCUT2D eigenvalue weighted by molar-refractivity contribution is 0.185. The van der Waals surface area contributed by atoms with E-state index in [-0.39, 0.29) is 12.3 Å². The summed E-state index contributed by atoms with van der Waals surface area (Å²) < 4.78 is 0. The molecule has 3 nitrogen and oxygen atoms in total. The number of aliphatic hydroxyl groups is 1. The van der Waals surface area contributed by atoms with Crippen LogP contribution < -0.4 is 5.73 Å². The molecule has 1 rings (SSSR count). The Morgan fingerprint density at radius 2 is 2.00 bits per heavy atom. The minimum Gasteiger partial charge on any atom is -0.507 e. The first-order valence-electron chi connectivity index (χ1n) is 4.25. The van der Waals surface area contributed by atoms with Crippen LogP contribution in [0.3, 0.4) is 0 Å². The van der Waals surface area contributed by atoms with Gasteiger partial charge < -0.3 is 15.9 Å². The first-order chi connectivity index (χ1) is 6.07. The Morgan fingerprint density at radius 3 is 2.54 bits per heavy atom. The fraction of sp³-hybridized carbons (Fsp3) is 0.400. The molecule has 3 heteroatoms. The second-order valence-corrected chi connectivity index (χ2v) is 3.20. The third-order valence-corrected chi connectivity index (χ3v) is 2.26. The second-order valence-electron chi connectivity index (χ2n) is 3.20. The number of nitrogens with two attached hydrogens (primary N) is 1. The Kier molecular flexibility index (Phi) is 2.90. The molecule has 0 amide bonds. The predicted molar refractivity (Wildman–Crippen MR) is 51.6 cm³/mol. The maximum absolute atomic E-state index is 9.58. The molecule has 1 aromatic rings. The standard InChI is InChI=1S/C10H15NO2/c1-6-3-4-8(9(12)5-11)7(2)10(6)13/h3-4,9,12-13H,5,11H2,1-2H3. The van der Waals surface area contributed by atoms with Crippen molar-refractivity contribution >= 4 is 0 Å². The molecule has 0 radical (unpaired) electrons. The highest BCUT2D eigenvalue weighted by Crippen LogP contribution is 2.27. The quantitative estimate of drug-likeness (QED) is 0.637. The molecule has 1 atom stereocenters. The van der Waals surface area contributed by atoms with E-state index < -0.39 is 6.10 Å². The molecule has 0 aliphatic carbocycles. The van der Waals surface area contributed by atoms with Crippen molar-refractivity contribution in [2.75, 3.05) is 6.54 Å². The van der Waals surface area contributed by atoms with Crippen molar-refractivity contribution in [1.82, 2.24) is 0 Å². The lowest BCUT2D eigenvalue weighted by Gasteiger charge is -2.13. The molecule has 0 aromatic heterocycles. The zero-order chi connectivity index (χ0) is 10.0. The van der Waals surface area contributed by atoms with E-state index in [0.717, 1.165) is 5.56 Å². The number of phenols is 1. The van der Waals surface area contributed by atoms with Crippen molar-refractivity contribution in [1.29, 1.82) is 0 Å². The molecule has 0 aliphatic rings. The molecule has 0 spiro atoms. The highest BCUT2D eigenvalue weighted by Gasteiger charge is 2.11. The zero-order valence-electron chi connectivity index (χ0n) is 7.91. The summed E-state index contributed by atoms with van der Waals surface area (Å²) in [5.74, 6) is 0.241. The molecular formula is C10H15NO2. The fourth-order valence-electron chi connectivity index (χ4n) is 1.34. The van der Waals surface area contributed by atoms with Crippen molar-refractivity contribution < 1.29 is 10.2 Å². The van der Waals surface area contributed by atoms with Gasteiger partial charge in [-0.05, 0) is 30.5 Å². The van der Waals surface area contributed by atoms with Gasteiger partial charge in [0.25, 0.3) is 0 Å². The summed E-state index contributed by atoms with van der Waals surface area (Å²) in [6.07, 6.45) is -0.688. The molecule has 0 saturated carbocycles. The summed E-state index contributed by atoms with van der Waals surface area (Å²) in [4.78, 5) is 0. The first-order valence-corrected chi connectivity index (χ1v) is 4.25. The van der Waals surface area contributed by atoms with Gasteiger partial charge in [-0.3, -0.25) is 0 Å². The van der Waals surface area contributed by atoms with Gasteiger partial charge in [0.2, 0.25) is 0 Å². The Bertz CT molecular complexity index is 310. The fourth-order valence-corrected chi connectivity index (χ4v) is 1.34. The van der Waals surface area contributed by atoms with E-state index >= 15 is 0 Å². The summed E-state index contributed by atoms with van der Waals surface area (Å²) in [5, 5.41) is 19.1. The molecule has 0 aliphatic heterocycles. The minimum atomic E-state index is -0.688. The highest BCUT2D eigenvalue weighted by atomic mass is 16.3. The number of aryl methyl sites for hydroxylation is 1. The number of rotatable bonds is 2. The lowest BCUT2D eigenvalue weighted by Crippen LogP contribution is -2.12. The van der Waals surface area contributed by atoms with E-state index in [0.29, 0.717) is 11.1 Å². The SMILES string of the molecule is Cc1ccc(C(O)CN)c(C)c1O. The average molecular weight is 181 g/mol. The smallest absolute Gasteiger partial charge is 0.121 e. The van der Waals surface area contributed by atoms with Gasteiger partial charge in [-0.25, -0.2) is 0 Å². The van der Waals surface area contributed by atoms with Gasteiger partial charge in [-0.2, -0.15) is 0 Å². The molecule has 1 unspecified atom stereocenters. The summed E-state index contributed by atoms with van der Waals surface area (Å²) in [6.45, 7) is 3.76. The summed E-state index contributed by atoms with van der Waals surface area (Å²) in [6, 6.07) is 3.57. The molecule has 0 bridgehead atoms. The third kappa shape index (κ3) is 1.82. The Balaban J connectivity index is 3.18. The van der Waals surface area contributed by atoms with Crippen molar-refractivity contribution in [3.8, 4) is 5.75 Å². The van der Waals surface area contributed by atoms with Gasteiger partial charge in [0.15, 0.2) is 0 Å². The molecule has 72 valence electrons. The van der Waals surface area contributed by atoms with Crippen molar-refractivity contribution in [2.45, 2.75) is 20.0 Å². The van der Waals surface area contributed by atoms with Crippen molar-refractivity contribution in [3.63, 3.8) is 0 Å². The summed E-state index contributed by atoms with van der Waals surface area (Å²) >= 11 is 0. The van der Waals surface area contributed by atoms with Gasteiger partial charge in [0, 0.05) is 6.54 Å². The third-order valence-electron chi connectivity index (χ3n) is 2.26. The van der Waals surface area contributed by atoms with E-state index in [4.69, 9.17) is 5.73 Å². The Morgan fingerprint density at radius 1 is 1.38 bits per heavy atom. The van der Waals surface area contributed by atoms with Crippen LogP contribution in [-0.2, 0) is 0 Å². The molecule has 0 heterocycles. The van der Waals surface area contributed by atoms with Crippen LogP contribution in [0.1, 0.15) is 22.8 Å². The van der Waals surface area contributed by atoms with Crippen LogP contribution in [0.5, 0.6) is 5.75 Å². The molecule has 0 saturated heterocycles. The molecular weight excluding hydrogens is 166 g/mol. The van der Waals surface area contributed by atoms with Crippen LogP contribution in [0.4, 0.5) is 0 Å². The maximum atomic E-state index is 9.58. The van der Waals surface area contributed by atoms with Crippen LogP contribution >= 0.6 is 0 Å². The Hall–Kier alpha value is -1.06. The monoisotopic (exact) mass is 181 g/mol. The summed E-state index contributed by atoms with van der Waals surface area (Å²) in [5.41, 5.74) is 7.55. The van der Waals surface area contributed by atoms with Crippen molar-refractivity contribution in [2.24, 2.45) is 5.73 Å². The number of phenolic OH excluding ortho intramolecular Hbond substituents is 1. The topological polar surface area (TPSA) is 66.5 Å². The van der Waals surface area contributed by atoms with Crippen LogP contribution in [0.2, 0.25) is 0 Å². The van der Waals surface area contributed by atoms with Crippen molar-refractivity contribution in [3.05, 3.63) is 28.8 Å². The maximum Gasteiger partial charge on any atom is 0.121 e. The molecule has 4 N–H and O–H groups in total. The van der Waals surface area contributed by atoms with E-state index in [2.05, 4.69) is 0 Å². The van der Waals surface area contributed by atoms with Gasteiger partial charge in [0.05, 0.1) is 6.10 Å². The van der Waals surface area contributed by atoms with Gasteiger partial charge >= 0.3 is 0 Å². The number of benzene rings is 1. The zero-order valence-corrected chi connectivity index (χ0v) is 7.91. The number of hydrogen-bond acceptors (Lipinski definition) is 3. The van der Waals surface area contributed by atoms with Gasteiger partial charge in [-0.1, -0.05) is 12.1 Å². The number of aliphatic hydroxyl groups excluding tert-OH is 1. The minimum absolute atomic E-state index is 0.170. The molecule has 0 fully saturated rings. The lowest BCUT2D eigenvalue weighted by atomic mass is 10.00. The van der Waals surface area contributed by atoms with Crippen LogP contribution in [0, 0.1) is 13.8 Å². The molecule has 13 heavy (non-hydrogen) atoms. The predicted octanol–water partition coefficient (Wildman–Crippen LogP) is 1.00. The number of aromatic hydroxyl groups is 1. The average Bonchev–Trinajstić information content (AvgIpc) is 2.13. The summed E-state index contributed by atoms with van der Waals surface area (Å²) in [7, 11) is 0. The molecule has 1 aromatic carbocycles. The van der Waals surface area contributed by atoms with Crippen LogP contribution in [0.15, 0.2) is 12.1 Å². The van der Waals surface area contributed by atoms with Crippen LogP contribution in [-0.4, -0.2) is 16.8 Å². The van der Waals surface area contributed by atoms with Crippen LogP contribution in [0.25, 0.3) is 0 Å². The Labute approximate surface area is 77.8 Å². The van der Waals surface area contributed by atoms with E-state index in [1.807, 2.05) is 6.92 Å². The highest BCUT2D eigenvalue weighted by molar-refractivity contribution is 5.44.